The van der Waals surface area contributed by atoms with E-state index in [-0.39, 0.29) is 0 Å². The van der Waals surface area contributed by atoms with Gasteiger partial charge in [-0.1, -0.05) is 13.8 Å². The summed E-state index contributed by atoms with van der Waals surface area (Å²) in [4.78, 5) is 15.7. The van der Waals surface area contributed by atoms with Crippen molar-refractivity contribution >= 4 is 5.82 Å². The molecule has 0 atom stereocenters. The van der Waals surface area contributed by atoms with Crippen LogP contribution in [0.25, 0.3) is 0 Å². The summed E-state index contributed by atoms with van der Waals surface area (Å²) in [5.41, 5.74) is 2.90. The highest BCUT2D eigenvalue weighted by atomic mass is 15.2. The van der Waals surface area contributed by atoms with Gasteiger partial charge in [0, 0.05) is 24.9 Å². The van der Waals surface area contributed by atoms with Gasteiger partial charge in [-0.25, -0.2) is 15.0 Å². The van der Waals surface area contributed by atoms with Crippen LogP contribution in [0.4, 0.5) is 5.82 Å². The van der Waals surface area contributed by atoms with Crippen LogP contribution in [0.15, 0.2) is 24.5 Å². The van der Waals surface area contributed by atoms with Gasteiger partial charge in [-0.15, -0.1) is 0 Å². The van der Waals surface area contributed by atoms with E-state index in [1.807, 2.05) is 12.3 Å². The normalized spacial score (nSPS) is 13.9. The number of nitrogens with zero attached hydrogens (tertiary/aromatic N) is 5. The maximum absolute atomic E-state index is 8.83. The van der Waals surface area contributed by atoms with Gasteiger partial charge in [-0.3, -0.25) is 0 Å². The van der Waals surface area contributed by atoms with Gasteiger partial charge in [-0.05, 0) is 24.1 Å². The lowest BCUT2D eigenvalue weighted by molar-refractivity contribution is 0.669. The number of rotatable bonds is 2. The fraction of sp³-hybridized carbons (Fsp3) is 0.375. The van der Waals surface area contributed by atoms with E-state index in [1.54, 1.807) is 12.3 Å². The average Bonchev–Trinajstić information content (AvgIpc) is 2.54. The SMILES string of the molecule is CC(C)c1ncc2c(n1)CN(c1ccc(C#N)cn1)CC2. The molecule has 0 unspecified atom stereocenters. The van der Waals surface area contributed by atoms with Crippen molar-refractivity contribution in [1.82, 2.24) is 15.0 Å². The molecule has 2 aromatic heterocycles. The van der Waals surface area contributed by atoms with Crippen LogP contribution in [0.2, 0.25) is 0 Å². The van der Waals surface area contributed by atoms with Gasteiger partial charge in [-0.2, -0.15) is 5.26 Å². The standard InChI is InChI=1S/C16H17N5/c1-11(2)16-19-9-13-5-6-21(10-14(13)20-16)15-4-3-12(7-17)8-18-15/h3-4,8-9,11H,5-6,10H2,1-2H3. The van der Waals surface area contributed by atoms with Crippen LogP contribution in [0.5, 0.6) is 0 Å². The molecule has 0 fully saturated rings. The third-order valence-electron chi connectivity index (χ3n) is 3.68. The predicted octanol–water partition coefficient (Wildman–Crippen LogP) is 2.43. The highest BCUT2D eigenvalue weighted by Crippen LogP contribution is 2.22. The molecule has 0 saturated carbocycles. The quantitative estimate of drug-likeness (QED) is 0.844. The summed E-state index contributed by atoms with van der Waals surface area (Å²) < 4.78 is 0. The zero-order valence-corrected chi connectivity index (χ0v) is 12.2. The summed E-state index contributed by atoms with van der Waals surface area (Å²) in [7, 11) is 0. The van der Waals surface area contributed by atoms with Crippen LogP contribution in [-0.4, -0.2) is 21.5 Å². The van der Waals surface area contributed by atoms with E-state index in [0.29, 0.717) is 11.5 Å². The number of fused-ring (bicyclic) bond motifs is 1. The monoisotopic (exact) mass is 279 g/mol. The van der Waals surface area contributed by atoms with Crippen LogP contribution < -0.4 is 4.90 Å². The molecule has 0 spiro atoms. The van der Waals surface area contributed by atoms with Gasteiger partial charge in [0.15, 0.2) is 0 Å². The molecule has 5 nitrogen and oxygen atoms in total. The first-order valence-corrected chi connectivity index (χ1v) is 7.13. The number of anilines is 1. The molecule has 0 saturated heterocycles. The molecule has 3 heterocycles. The molecule has 0 bridgehead atoms. The summed E-state index contributed by atoms with van der Waals surface area (Å²) in [5, 5.41) is 8.83. The van der Waals surface area contributed by atoms with Gasteiger partial charge < -0.3 is 4.90 Å². The van der Waals surface area contributed by atoms with Crippen molar-refractivity contribution in [1.29, 1.82) is 5.26 Å². The number of pyridine rings is 1. The first-order valence-electron chi connectivity index (χ1n) is 7.13. The number of hydrogen-bond acceptors (Lipinski definition) is 5. The Hall–Kier alpha value is -2.48. The zero-order valence-electron chi connectivity index (χ0n) is 12.2. The van der Waals surface area contributed by atoms with Crippen molar-refractivity contribution in [2.24, 2.45) is 0 Å². The number of aromatic nitrogens is 3. The number of hydrogen-bond donors (Lipinski definition) is 0. The first-order chi connectivity index (χ1) is 10.2. The van der Waals surface area contributed by atoms with Crippen LogP contribution >= 0.6 is 0 Å². The summed E-state index contributed by atoms with van der Waals surface area (Å²) in [6.45, 7) is 5.85. The highest BCUT2D eigenvalue weighted by Gasteiger charge is 2.20. The van der Waals surface area contributed by atoms with Crippen molar-refractivity contribution in [3.8, 4) is 6.07 Å². The minimum Gasteiger partial charge on any atom is -0.350 e. The van der Waals surface area contributed by atoms with E-state index in [2.05, 4.69) is 39.8 Å². The molecule has 5 heteroatoms. The minimum atomic E-state index is 0.332. The fourth-order valence-corrected chi connectivity index (χ4v) is 2.43. The topological polar surface area (TPSA) is 65.7 Å². The summed E-state index contributed by atoms with van der Waals surface area (Å²) in [6.07, 6.45) is 4.50. The Labute approximate surface area is 124 Å². The minimum absolute atomic E-state index is 0.332. The van der Waals surface area contributed by atoms with Crippen molar-refractivity contribution in [2.45, 2.75) is 32.7 Å². The average molecular weight is 279 g/mol. The maximum Gasteiger partial charge on any atom is 0.131 e. The molecule has 0 amide bonds. The Morgan fingerprint density at radius 1 is 1.24 bits per heavy atom. The van der Waals surface area contributed by atoms with Crippen LogP contribution in [0, 0.1) is 11.3 Å². The first kappa shape index (κ1) is 13.5. The Balaban J connectivity index is 1.85. The van der Waals surface area contributed by atoms with Gasteiger partial charge in [0.2, 0.25) is 0 Å². The molecular formula is C16H17N5. The molecule has 0 aliphatic carbocycles. The van der Waals surface area contributed by atoms with Crippen LogP contribution in [0.1, 0.15) is 42.4 Å². The second-order valence-electron chi connectivity index (χ2n) is 5.54. The van der Waals surface area contributed by atoms with Crippen molar-refractivity contribution < 1.29 is 0 Å². The van der Waals surface area contributed by atoms with Crippen LogP contribution in [0.3, 0.4) is 0 Å². The van der Waals surface area contributed by atoms with Crippen molar-refractivity contribution in [3.05, 3.63) is 47.2 Å². The molecule has 0 N–H and O–H groups in total. The second-order valence-corrected chi connectivity index (χ2v) is 5.54. The zero-order chi connectivity index (χ0) is 14.8. The van der Waals surface area contributed by atoms with Gasteiger partial charge in [0.1, 0.15) is 17.7 Å². The Morgan fingerprint density at radius 2 is 2.10 bits per heavy atom. The largest absolute Gasteiger partial charge is 0.350 e. The van der Waals surface area contributed by atoms with E-state index in [0.717, 1.165) is 36.8 Å². The Morgan fingerprint density at radius 3 is 2.76 bits per heavy atom. The van der Waals surface area contributed by atoms with Gasteiger partial charge >= 0.3 is 0 Å². The third-order valence-corrected chi connectivity index (χ3v) is 3.68. The molecule has 1 aliphatic rings. The lowest BCUT2D eigenvalue weighted by atomic mass is 10.1. The molecular weight excluding hydrogens is 262 g/mol. The summed E-state index contributed by atoms with van der Waals surface area (Å²) in [6, 6.07) is 5.79. The second kappa shape index (κ2) is 5.49. The Bertz CT molecular complexity index is 685. The van der Waals surface area contributed by atoms with E-state index < -0.39 is 0 Å². The van der Waals surface area contributed by atoms with Crippen molar-refractivity contribution in [2.75, 3.05) is 11.4 Å². The fourth-order valence-electron chi connectivity index (χ4n) is 2.43. The third kappa shape index (κ3) is 2.70. The molecule has 1 aliphatic heterocycles. The van der Waals surface area contributed by atoms with Gasteiger partial charge in [0.25, 0.3) is 0 Å². The smallest absolute Gasteiger partial charge is 0.131 e. The molecule has 3 rings (SSSR count). The van der Waals surface area contributed by atoms with Crippen molar-refractivity contribution in [3.63, 3.8) is 0 Å². The van der Waals surface area contributed by atoms with Gasteiger partial charge in [0.05, 0.1) is 17.8 Å². The Kier molecular flexibility index (Phi) is 3.53. The van der Waals surface area contributed by atoms with E-state index in [4.69, 9.17) is 5.26 Å². The molecule has 2 aromatic rings. The van der Waals surface area contributed by atoms with Crippen LogP contribution in [-0.2, 0) is 13.0 Å². The molecule has 0 aromatic carbocycles. The predicted molar refractivity (Wildman–Crippen MR) is 79.8 cm³/mol. The van der Waals surface area contributed by atoms with E-state index in [1.165, 1.54) is 5.56 Å². The summed E-state index contributed by atoms with van der Waals surface area (Å²) >= 11 is 0. The lowest BCUT2D eigenvalue weighted by Crippen LogP contribution is -2.32. The molecule has 21 heavy (non-hydrogen) atoms. The molecule has 0 radical (unpaired) electrons. The lowest BCUT2D eigenvalue weighted by Gasteiger charge is -2.29. The highest BCUT2D eigenvalue weighted by molar-refractivity contribution is 5.44. The summed E-state index contributed by atoms with van der Waals surface area (Å²) in [5.74, 6) is 2.12. The number of nitriles is 1. The maximum atomic E-state index is 8.83. The van der Waals surface area contributed by atoms with E-state index in [9.17, 15) is 0 Å². The van der Waals surface area contributed by atoms with E-state index >= 15 is 0 Å². The molecule has 106 valence electrons.